The Morgan fingerprint density at radius 2 is 2.46 bits per heavy atom. The van der Waals surface area contributed by atoms with Gasteiger partial charge in [-0.2, -0.15) is 0 Å². The van der Waals surface area contributed by atoms with Crippen molar-refractivity contribution in [2.45, 2.75) is 25.7 Å². The summed E-state index contributed by atoms with van der Waals surface area (Å²) in [6.07, 6.45) is 2.56. The first-order valence-electron chi connectivity index (χ1n) is 4.57. The number of hydrogen-bond acceptors (Lipinski definition) is 3. The lowest BCUT2D eigenvalue weighted by molar-refractivity contribution is 0.0527. The smallest absolute Gasteiger partial charge is 0.338 e. The summed E-state index contributed by atoms with van der Waals surface area (Å²) in [5.74, 6) is 0.541. The number of carbonyl (C=O) groups is 1. The predicted octanol–water partition coefficient (Wildman–Crippen LogP) is 2.80. The van der Waals surface area contributed by atoms with E-state index >= 15 is 0 Å². The van der Waals surface area contributed by atoms with Crippen molar-refractivity contribution in [3.8, 4) is 0 Å². The molecule has 0 atom stereocenters. The van der Waals surface area contributed by atoms with Crippen LogP contribution in [0.15, 0.2) is 11.4 Å². The molecule has 1 aliphatic carbocycles. The number of hydrogen-bond donors (Lipinski definition) is 0. The standard InChI is InChI=1S/C10H12O2S/c1-2-12-10(11)8-5-9(13-6-8)7-3-4-7/h5-7H,2-4H2,1H3. The lowest BCUT2D eigenvalue weighted by atomic mass is 10.2. The number of ether oxygens (including phenoxy) is 1. The van der Waals surface area contributed by atoms with Gasteiger partial charge in [-0.15, -0.1) is 11.3 Å². The van der Waals surface area contributed by atoms with Gasteiger partial charge >= 0.3 is 5.97 Å². The van der Waals surface area contributed by atoms with Crippen LogP contribution in [0.4, 0.5) is 0 Å². The third-order valence-electron chi connectivity index (χ3n) is 2.11. The zero-order chi connectivity index (χ0) is 9.26. The molecule has 2 nitrogen and oxygen atoms in total. The van der Waals surface area contributed by atoms with Gasteiger partial charge < -0.3 is 4.74 Å². The molecule has 1 fully saturated rings. The summed E-state index contributed by atoms with van der Waals surface area (Å²) >= 11 is 1.67. The molecule has 2 rings (SSSR count). The summed E-state index contributed by atoms with van der Waals surface area (Å²) in [4.78, 5) is 12.6. The van der Waals surface area contributed by atoms with Crippen molar-refractivity contribution in [2.24, 2.45) is 0 Å². The highest BCUT2D eigenvalue weighted by Gasteiger charge is 2.25. The average Bonchev–Trinajstić information content (AvgIpc) is 2.84. The first-order valence-corrected chi connectivity index (χ1v) is 5.44. The lowest BCUT2D eigenvalue weighted by Crippen LogP contribution is -2.02. The SMILES string of the molecule is CCOC(=O)c1csc(C2CC2)c1. The topological polar surface area (TPSA) is 26.3 Å². The van der Waals surface area contributed by atoms with Crippen molar-refractivity contribution >= 4 is 17.3 Å². The Kier molecular flexibility index (Phi) is 2.36. The lowest BCUT2D eigenvalue weighted by Gasteiger charge is -1.96. The van der Waals surface area contributed by atoms with Gasteiger partial charge in [0.25, 0.3) is 0 Å². The summed E-state index contributed by atoms with van der Waals surface area (Å²) < 4.78 is 4.91. The fourth-order valence-electron chi connectivity index (χ4n) is 1.26. The zero-order valence-corrected chi connectivity index (χ0v) is 8.39. The second-order valence-electron chi connectivity index (χ2n) is 3.23. The minimum absolute atomic E-state index is 0.189. The Hall–Kier alpha value is -0.830. The molecule has 1 aliphatic rings. The second-order valence-corrected chi connectivity index (χ2v) is 4.18. The second kappa shape index (κ2) is 3.50. The Morgan fingerprint density at radius 1 is 1.69 bits per heavy atom. The molecule has 70 valence electrons. The minimum atomic E-state index is -0.189. The van der Waals surface area contributed by atoms with Crippen LogP contribution >= 0.6 is 11.3 Å². The molecular weight excluding hydrogens is 184 g/mol. The fourth-order valence-corrected chi connectivity index (χ4v) is 2.31. The molecule has 0 unspecified atom stereocenters. The van der Waals surface area contributed by atoms with Crippen molar-refractivity contribution in [1.82, 2.24) is 0 Å². The number of esters is 1. The molecule has 0 saturated heterocycles. The van der Waals surface area contributed by atoms with Gasteiger partial charge in [0.15, 0.2) is 0 Å². The normalized spacial score (nSPS) is 15.8. The summed E-state index contributed by atoms with van der Waals surface area (Å²) in [5, 5.41) is 1.89. The summed E-state index contributed by atoms with van der Waals surface area (Å²) in [6.45, 7) is 2.28. The zero-order valence-electron chi connectivity index (χ0n) is 7.58. The first-order chi connectivity index (χ1) is 6.31. The highest BCUT2D eigenvalue weighted by Crippen LogP contribution is 2.42. The van der Waals surface area contributed by atoms with Gasteiger partial charge in [-0.3, -0.25) is 0 Å². The van der Waals surface area contributed by atoms with E-state index in [2.05, 4.69) is 0 Å². The molecule has 1 saturated carbocycles. The maximum Gasteiger partial charge on any atom is 0.338 e. The van der Waals surface area contributed by atoms with Gasteiger partial charge in [-0.05, 0) is 31.7 Å². The van der Waals surface area contributed by atoms with E-state index in [1.807, 2.05) is 18.4 Å². The van der Waals surface area contributed by atoms with Crippen LogP contribution in [0.2, 0.25) is 0 Å². The highest BCUT2D eigenvalue weighted by molar-refractivity contribution is 7.10. The van der Waals surface area contributed by atoms with E-state index in [-0.39, 0.29) is 5.97 Å². The molecule has 0 amide bonds. The van der Waals surface area contributed by atoms with Gasteiger partial charge in [0.1, 0.15) is 0 Å². The third-order valence-corrected chi connectivity index (χ3v) is 3.21. The predicted molar refractivity (Wildman–Crippen MR) is 52.3 cm³/mol. The first kappa shape index (κ1) is 8.75. The molecule has 0 spiro atoms. The van der Waals surface area contributed by atoms with Gasteiger partial charge in [-0.25, -0.2) is 4.79 Å². The molecule has 1 aromatic heterocycles. The van der Waals surface area contributed by atoms with Crippen molar-refractivity contribution in [3.63, 3.8) is 0 Å². The van der Waals surface area contributed by atoms with Crippen molar-refractivity contribution in [2.75, 3.05) is 6.61 Å². The van der Waals surface area contributed by atoms with Crippen LogP contribution in [0, 0.1) is 0 Å². The molecule has 0 N–H and O–H groups in total. The molecule has 0 bridgehead atoms. The molecular formula is C10H12O2S. The Balaban J connectivity index is 2.07. The van der Waals surface area contributed by atoms with E-state index in [1.165, 1.54) is 17.7 Å². The van der Waals surface area contributed by atoms with E-state index < -0.39 is 0 Å². The van der Waals surface area contributed by atoms with E-state index in [4.69, 9.17) is 4.74 Å². The van der Waals surface area contributed by atoms with Crippen LogP contribution in [-0.2, 0) is 4.74 Å². The monoisotopic (exact) mass is 196 g/mol. The van der Waals surface area contributed by atoms with Crippen LogP contribution < -0.4 is 0 Å². The van der Waals surface area contributed by atoms with Crippen molar-refractivity contribution in [3.05, 3.63) is 21.9 Å². The van der Waals surface area contributed by atoms with E-state index in [1.54, 1.807) is 11.3 Å². The summed E-state index contributed by atoms with van der Waals surface area (Å²) in [5.41, 5.74) is 0.716. The number of carbonyl (C=O) groups excluding carboxylic acids is 1. The van der Waals surface area contributed by atoms with E-state index in [0.717, 1.165) is 5.92 Å². The van der Waals surface area contributed by atoms with Crippen molar-refractivity contribution < 1.29 is 9.53 Å². The Morgan fingerprint density at radius 3 is 3.08 bits per heavy atom. The molecule has 0 aliphatic heterocycles. The van der Waals surface area contributed by atoms with E-state index in [9.17, 15) is 4.79 Å². The minimum Gasteiger partial charge on any atom is -0.462 e. The molecule has 3 heteroatoms. The van der Waals surface area contributed by atoms with Crippen LogP contribution in [-0.4, -0.2) is 12.6 Å². The van der Waals surface area contributed by atoms with Crippen LogP contribution in [0.25, 0.3) is 0 Å². The molecule has 13 heavy (non-hydrogen) atoms. The maximum atomic E-state index is 11.3. The van der Waals surface area contributed by atoms with Crippen LogP contribution in [0.3, 0.4) is 0 Å². The Labute approximate surface area is 81.5 Å². The molecule has 0 radical (unpaired) electrons. The number of rotatable bonds is 3. The fraction of sp³-hybridized carbons (Fsp3) is 0.500. The Bertz CT molecular complexity index is 312. The number of thiophene rings is 1. The molecule has 1 aromatic rings. The molecule has 1 heterocycles. The summed E-state index contributed by atoms with van der Waals surface area (Å²) in [6, 6.07) is 1.97. The largest absolute Gasteiger partial charge is 0.462 e. The molecule has 0 aromatic carbocycles. The van der Waals surface area contributed by atoms with Crippen LogP contribution in [0.1, 0.15) is 40.9 Å². The summed E-state index contributed by atoms with van der Waals surface area (Å²) in [7, 11) is 0. The van der Waals surface area contributed by atoms with Gasteiger partial charge in [0.2, 0.25) is 0 Å². The van der Waals surface area contributed by atoms with Gasteiger partial charge in [-0.1, -0.05) is 0 Å². The third kappa shape index (κ3) is 1.91. The highest BCUT2D eigenvalue weighted by atomic mass is 32.1. The van der Waals surface area contributed by atoms with Gasteiger partial charge in [0, 0.05) is 10.3 Å². The van der Waals surface area contributed by atoms with Gasteiger partial charge in [0.05, 0.1) is 12.2 Å². The maximum absolute atomic E-state index is 11.3. The quantitative estimate of drug-likeness (QED) is 0.695. The van der Waals surface area contributed by atoms with Crippen LogP contribution in [0.5, 0.6) is 0 Å². The average molecular weight is 196 g/mol. The van der Waals surface area contributed by atoms with Crippen molar-refractivity contribution in [1.29, 1.82) is 0 Å². The van der Waals surface area contributed by atoms with E-state index in [0.29, 0.717) is 12.2 Å².